The number of benzene rings is 13. The van der Waals surface area contributed by atoms with Crippen molar-refractivity contribution in [3.63, 3.8) is 0 Å². The molecule has 2 aliphatic rings. The Morgan fingerprint density at radius 2 is 0.646 bits per heavy atom. The van der Waals surface area contributed by atoms with Crippen LogP contribution in [0.25, 0.3) is 86.9 Å². The number of anilines is 6. The number of hydrogen-bond acceptors (Lipinski definition) is 2. The molecule has 0 aromatic heterocycles. The maximum Gasteiger partial charge on any atom is 0.252 e. The molecule has 0 atom stereocenters. The fourth-order valence-electron chi connectivity index (χ4n) is 11.9. The Bertz CT molecular complexity index is 3760. The molecule has 3 heteroatoms. The van der Waals surface area contributed by atoms with E-state index in [9.17, 15) is 0 Å². The molecule has 2 nitrogen and oxygen atoms in total. The van der Waals surface area contributed by atoms with Gasteiger partial charge in [-0.05, 0) is 129 Å². The van der Waals surface area contributed by atoms with Crippen LogP contribution in [-0.2, 0) is 0 Å². The van der Waals surface area contributed by atoms with Crippen molar-refractivity contribution in [1.29, 1.82) is 0 Å². The molecule has 0 unspecified atom stereocenters. The molecule has 0 bridgehead atoms. The van der Waals surface area contributed by atoms with Crippen molar-refractivity contribution in [2.24, 2.45) is 0 Å². The van der Waals surface area contributed by atoms with Gasteiger partial charge in [-0.3, -0.25) is 0 Å². The third-order valence-corrected chi connectivity index (χ3v) is 14.7. The van der Waals surface area contributed by atoms with Crippen molar-refractivity contribution in [1.82, 2.24) is 0 Å². The van der Waals surface area contributed by atoms with Gasteiger partial charge in [-0.1, -0.05) is 188 Å². The maximum atomic E-state index is 2.58. The molecule has 2 aliphatic heterocycles. The fraction of sp³-hybridized carbons (Fsp3) is 0. The minimum atomic E-state index is -0.0327. The lowest BCUT2D eigenvalue weighted by atomic mass is 9.33. The number of nitrogens with zero attached hydrogens (tertiary/aromatic N) is 2. The van der Waals surface area contributed by atoms with E-state index in [0.29, 0.717) is 0 Å². The zero-order chi connectivity index (χ0) is 42.3. The summed E-state index contributed by atoms with van der Waals surface area (Å²) < 4.78 is 0. The van der Waals surface area contributed by atoms with Gasteiger partial charge in [0.15, 0.2) is 0 Å². The lowest BCUT2D eigenvalue weighted by Gasteiger charge is -2.45. The van der Waals surface area contributed by atoms with E-state index in [1.165, 1.54) is 126 Å². The summed E-state index contributed by atoms with van der Waals surface area (Å²) in [4.78, 5) is 5.16. The van der Waals surface area contributed by atoms with Gasteiger partial charge in [0.05, 0.1) is 0 Å². The van der Waals surface area contributed by atoms with Gasteiger partial charge in [0.25, 0.3) is 6.71 Å². The Labute approximate surface area is 376 Å². The molecule has 0 saturated heterocycles. The molecule has 0 saturated carbocycles. The average molecular weight is 821 g/mol. The Kier molecular flexibility index (Phi) is 7.06. The Balaban J connectivity index is 1.06. The second kappa shape index (κ2) is 13.1. The normalized spacial score (nSPS) is 13.1. The molecule has 13 aromatic rings. The summed E-state index contributed by atoms with van der Waals surface area (Å²) in [7, 11) is 0. The first-order chi connectivity index (χ1) is 32.2. The molecule has 0 amide bonds. The lowest BCUT2D eigenvalue weighted by Crippen LogP contribution is -2.61. The molecule has 0 fully saturated rings. The van der Waals surface area contributed by atoms with Crippen molar-refractivity contribution < 1.29 is 0 Å². The van der Waals surface area contributed by atoms with Crippen LogP contribution >= 0.6 is 0 Å². The summed E-state index contributed by atoms with van der Waals surface area (Å²) in [6.07, 6.45) is 0. The lowest BCUT2D eigenvalue weighted by molar-refractivity contribution is 1.27. The van der Waals surface area contributed by atoms with Gasteiger partial charge in [-0.15, -0.1) is 0 Å². The second-order valence-electron chi connectivity index (χ2n) is 18.0. The molecule has 13 aromatic carbocycles. The topological polar surface area (TPSA) is 6.48 Å². The SMILES string of the molecule is c1ccc(-c2ccc(N3c4cccc5c4B(c4cc6ccc7cccc8ccc(c43)c6c78)c3cc4ccc6cccc7ccc(c3N5c3ccc(-c5ccccc5)cc3)c4c67)cc2)cc1. The van der Waals surface area contributed by atoms with Crippen LogP contribution in [0.1, 0.15) is 0 Å². The number of fused-ring (bicyclic) bond motifs is 6. The maximum absolute atomic E-state index is 2.58. The van der Waals surface area contributed by atoms with E-state index < -0.39 is 0 Å². The van der Waals surface area contributed by atoms with Gasteiger partial charge in [0, 0.05) is 44.9 Å². The van der Waals surface area contributed by atoms with Crippen molar-refractivity contribution >= 4 is 122 Å². The average Bonchev–Trinajstić information content (AvgIpc) is 3.37. The van der Waals surface area contributed by atoms with E-state index in [1.54, 1.807) is 0 Å². The molecular weight excluding hydrogens is 784 g/mol. The number of rotatable bonds is 4. The van der Waals surface area contributed by atoms with Crippen molar-refractivity contribution in [3.8, 4) is 22.3 Å². The van der Waals surface area contributed by atoms with Gasteiger partial charge in [0.1, 0.15) is 0 Å². The molecule has 65 heavy (non-hydrogen) atoms. The van der Waals surface area contributed by atoms with Crippen LogP contribution in [0.2, 0.25) is 0 Å². The molecule has 0 aliphatic carbocycles. The highest BCUT2D eigenvalue weighted by atomic mass is 15.2. The van der Waals surface area contributed by atoms with Gasteiger partial charge in [-0.2, -0.15) is 0 Å². The summed E-state index contributed by atoms with van der Waals surface area (Å²) in [5.74, 6) is 0. The zero-order valence-electron chi connectivity index (χ0n) is 35.3. The van der Waals surface area contributed by atoms with Gasteiger partial charge in [0.2, 0.25) is 0 Å². The second-order valence-corrected chi connectivity index (χ2v) is 18.0. The van der Waals surface area contributed by atoms with Crippen LogP contribution in [0.4, 0.5) is 34.1 Å². The van der Waals surface area contributed by atoms with E-state index in [0.717, 1.165) is 11.4 Å². The van der Waals surface area contributed by atoms with E-state index in [4.69, 9.17) is 0 Å². The van der Waals surface area contributed by atoms with Crippen molar-refractivity contribution in [2.75, 3.05) is 9.80 Å². The summed E-state index contributed by atoms with van der Waals surface area (Å²) in [6.45, 7) is -0.0327. The summed E-state index contributed by atoms with van der Waals surface area (Å²) >= 11 is 0. The number of hydrogen-bond donors (Lipinski definition) is 0. The smallest absolute Gasteiger partial charge is 0.252 e. The van der Waals surface area contributed by atoms with E-state index >= 15 is 0 Å². The summed E-state index contributed by atoms with van der Waals surface area (Å²) in [5, 5.41) is 15.6. The molecule has 0 spiro atoms. The zero-order valence-corrected chi connectivity index (χ0v) is 35.3. The van der Waals surface area contributed by atoms with Crippen LogP contribution in [0.3, 0.4) is 0 Å². The first-order valence-electron chi connectivity index (χ1n) is 22.7. The molecule has 0 radical (unpaired) electrons. The quantitative estimate of drug-likeness (QED) is 0.129. The van der Waals surface area contributed by atoms with Crippen LogP contribution in [-0.4, -0.2) is 6.71 Å². The van der Waals surface area contributed by atoms with Crippen LogP contribution in [0.15, 0.2) is 224 Å². The molecular formula is C62H37BN2. The largest absolute Gasteiger partial charge is 0.311 e. The van der Waals surface area contributed by atoms with Crippen LogP contribution in [0, 0.1) is 0 Å². The minimum Gasteiger partial charge on any atom is -0.311 e. The standard InChI is InChI=1S/C62H37BN2/c1-3-10-38(11-4-1)40-24-30-48(31-25-40)64-54-18-9-19-55-60(54)63(52-36-46-22-20-42-14-7-16-44-28-34-50(61(52)64)58(46)56(42)44)53-37-47-23-21-43-15-8-17-45-29-35-51(59(47)57(43)45)62(53)65(55)49-32-26-41(27-33-49)39-12-5-2-6-13-39/h1-37H. The molecule has 0 N–H and O–H groups in total. The highest BCUT2D eigenvalue weighted by Gasteiger charge is 2.45. The Hall–Kier alpha value is -8.40. The first-order valence-corrected chi connectivity index (χ1v) is 22.7. The molecule has 2 heterocycles. The molecule has 298 valence electrons. The van der Waals surface area contributed by atoms with Crippen LogP contribution in [0.5, 0.6) is 0 Å². The third kappa shape index (κ3) is 4.84. The predicted octanol–water partition coefficient (Wildman–Crippen LogP) is 14.9. The van der Waals surface area contributed by atoms with Gasteiger partial charge in [-0.25, -0.2) is 0 Å². The Morgan fingerprint density at radius 3 is 1.08 bits per heavy atom. The fourth-order valence-corrected chi connectivity index (χ4v) is 11.9. The monoisotopic (exact) mass is 820 g/mol. The third-order valence-electron chi connectivity index (χ3n) is 14.7. The Morgan fingerprint density at radius 1 is 0.277 bits per heavy atom. The van der Waals surface area contributed by atoms with Crippen molar-refractivity contribution in [3.05, 3.63) is 224 Å². The molecule has 15 rings (SSSR count). The van der Waals surface area contributed by atoms with E-state index in [1.807, 2.05) is 0 Å². The first kappa shape index (κ1) is 35.1. The van der Waals surface area contributed by atoms with Gasteiger partial charge < -0.3 is 9.80 Å². The van der Waals surface area contributed by atoms with Gasteiger partial charge >= 0.3 is 0 Å². The van der Waals surface area contributed by atoms with Crippen LogP contribution < -0.4 is 26.2 Å². The highest BCUT2D eigenvalue weighted by molar-refractivity contribution is 7.01. The summed E-state index contributed by atoms with van der Waals surface area (Å²) in [6, 6.07) is 84.2. The van der Waals surface area contributed by atoms with E-state index in [-0.39, 0.29) is 6.71 Å². The highest BCUT2D eigenvalue weighted by Crippen LogP contribution is 2.50. The minimum absolute atomic E-state index is 0.0327. The predicted molar refractivity (Wildman–Crippen MR) is 279 cm³/mol. The van der Waals surface area contributed by atoms with E-state index in [2.05, 4.69) is 234 Å². The van der Waals surface area contributed by atoms with Crippen molar-refractivity contribution in [2.45, 2.75) is 0 Å². The summed E-state index contributed by atoms with van der Waals surface area (Å²) in [5.41, 5.74) is 16.1.